The van der Waals surface area contributed by atoms with Crippen molar-refractivity contribution < 1.29 is 27.4 Å². The van der Waals surface area contributed by atoms with E-state index in [1.807, 2.05) is 23.6 Å². The van der Waals surface area contributed by atoms with Gasteiger partial charge < -0.3 is 19.7 Å². The molecule has 0 aliphatic carbocycles. The van der Waals surface area contributed by atoms with E-state index >= 15 is 0 Å². The van der Waals surface area contributed by atoms with Gasteiger partial charge in [0.15, 0.2) is 5.11 Å². The summed E-state index contributed by atoms with van der Waals surface area (Å²) in [6.45, 7) is 5.71. The van der Waals surface area contributed by atoms with E-state index in [-0.39, 0.29) is 23.4 Å². The standard InChI is InChI=1S/C18H22F3N3O3S/c1-17(2)11-26-16(25)24(17)13-7-9-23(10-8-13)15(28)22-12-3-5-14(6-4-12)27-18(19,20)21/h3-6,13H,7-11H2,1-2H3,(H,22,28). The lowest BCUT2D eigenvalue weighted by atomic mass is 9.97. The highest BCUT2D eigenvalue weighted by Gasteiger charge is 2.44. The van der Waals surface area contributed by atoms with Crippen molar-refractivity contribution in [2.75, 3.05) is 25.0 Å². The zero-order chi connectivity index (χ0) is 20.5. The highest BCUT2D eigenvalue weighted by atomic mass is 32.1. The van der Waals surface area contributed by atoms with E-state index in [1.165, 1.54) is 24.3 Å². The van der Waals surface area contributed by atoms with Crippen LogP contribution in [0.15, 0.2) is 24.3 Å². The molecule has 1 amide bonds. The molecule has 154 valence electrons. The molecule has 2 aliphatic rings. The Morgan fingerprint density at radius 2 is 1.86 bits per heavy atom. The molecular weight excluding hydrogens is 395 g/mol. The number of hydrogen-bond acceptors (Lipinski definition) is 4. The van der Waals surface area contributed by atoms with Crippen LogP contribution in [0.5, 0.6) is 5.75 Å². The zero-order valence-corrected chi connectivity index (χ0v) is 16.4. The quantitative estimate of drug-likeness (QED) is 0.751. The van der Waals surface area contributed by atoms with Crippen molar-refractivity contribution in [3.8, 4) is 5.75 Å². The molecule has 1 N–H and O–H groups in total. The number of cyclic esters (lactones) is 1. The lowest BCUT2D eigenvalue weighted by Crippen LogP contribution is -2.53. The molecular formula is C18H22F3N3O3S. The molecule has 28 heavy (non-hydrogen) atoms. The number of hydrogen-bond donors (Lipinski definition) is 1. The number of ether oxygens (including phenoxy) is 2. The lowest BCUT2D eigenvalue weighted by molar-refractivity contribution is -0.274. The van der Waals surface area contributed by atoms with Gasteiger partial charge in [-0.05, 0) is 63.2 Å². The highest BCUT2D eigenvalue weighted by molar-refractivity contribution is 7.80. The number of thiocarbonyl (C=S) groups is 1. The second kappa shape index (κ2) is 7.65. The number of rotatable bonds is 3. The van der Waals surface area contributed by atoms with Gasteiger partial charge in [0, 0.05) is 24.8 Å². The molecule has 2 aliphatic heterocycles. The molecule has 0 spiro atoms. The number of piperidine rings is 1. The van der Waals surface area contributed by atoms with Gasteiger partial charge in [0.2, 0.25) is 0 Å². The Morgan fingerprint density at radius 3 is 2.36 bits per heavy atom. The molecule has 1 aromatic rings. The predicted octanol–water partition coefficient (Wildman–Crippen LogP) is 3.98. The fraction of sp³-hybridized carbons (Fsp3) is 0.556. The first-order chi connectivity index (χ1) is 13.0. The molecule has 0 atom stereocenters. The number of anilines is 1. The molecule has 0 radical (unpaired) electrons. The fourth-order valence-corrected chi connectivity index (χ4v) is 3.84. The van der Waals surface area contributed by atoms with Crippen molar-refractivity contribution in [1.29, 1.82) is 0 Å². The van der Waals surface area contributed by atoms with Crippen LogP contribution >= 0.6 is 12.2 Å². The number of carbonyl (C=O) groups excluding carboxylic acids is 1. The summed E-state index contributed by atoms with van der Waals surface area (Å²) < 4.78 is 45.7. The molecule has 2 fully saturated rings. The number of carbonyl (C=O) groups is 1. The van der Waals surface area contributed by atoms with Gasteiger partial charge in [0.25, 0.3) is 0 Å². The Labute approximate surface area is 166 Å². The summed E-state index contributed by atoms with van der Waals surface area (Å²) in [5.41, 5.74) is 0.258. The second-order valence-electron chi connectivity index (χ2n) is 7.46. The summed E-state index contributed by atoms with van der Waals surface area (Å²) in [6, 6.07) is 5.51. The fourth-order valence-electron chi connectivity index (χ4n) is 3.54. The van der Waals surface area contributed by atoms with Gasteiger partial charge >= 0.3 is 12.5 Å². The number of benzene rings is 1. The van der Waals surface area contributed by atoms with Crippen LogP contribution in [0, 0.1) is 0 Å². The van der Waals surface area contributed by atoms with E-state index in [9.17, 15) is 18.0 Å². The van der Waals surface area contributed by atoms with Crippen molar-refractivity contribution in [3.63, 3.8) is 0 Å². The molecule has 0 aromatic heterocycles. The molecule has 10 heteroatoms. The number of nitrogens with zero attached hydrogens (tertiary/aromatic N) is 2. The van der Waals surface area contributed by atoms with Gasteiger partial charge in [-0.2, -0.15) is 0 Å². The van der Waals surface area contributed by atoms with E-state index < -0.39 is 6.36 Å². The average Bonchev–Trinajstić information content (AvgIpc) is 2.88. The molecule has 6 nitrogen and oxygen atoms in total. The van der Waals surface area contributed by atoms with Crippen LogP contribution in [0.4, 0.5) is 23.7 Å². The zero-order valence-electron chi connectivity index (χ0n) is 15.6. The minimum atomic E-state index is -4.72. The Bertz CT molecular complexity index is 732. The van der Waals surface area contributed by atoms with Crippen LogP contribution in [-0.2, 0) is 4.74 Å². The maximum atomic E-state index is 12.2. The summed E-state index contributed by atoms with van der Waals surface area (Å²) in [5, 5.41) is 3.52. The number of alkyl halides is 3. The van der Waals surface area contributed by atoms with Crippen LogP contribution in [0.3, 0.4) is 0 Å². The summed E-state index contributed by atoms with van der Waals surface area (Å²) in [4.78, 5) is 15.8. The lowest BCUT2D eigenvalue weighted by Gasteiger charge is -2.41. The Hall–Kier alpha value is -2.23. The van der Waals surface area contributed by atoms with Crippen molar-refractivity contribution in [3.05, 3.63) is 24.3 Å². The van der Waals surface area contributed by atoms with Crippen molar-refractivity contribution >= 4 is 29.1 Å². The topological polar surface area (TPSA) is 54.0 Å². The first kappa shape index (κ1) is 20.5. The number of nitrogens with one attached hydrogen (secondary N) is 1. The van der Waals surface area contributed by atoms with Crippen LogP contribution in [0.1, 0.15) is 26.7 Å². The first-order valence-corrected chi connectivity index (χ1v) is 9.34. The van der Waals surface area contributed by atoms with E-state index in [0.29, 0.717) is 30.5 Å². The van der Waals surface area contributed by atoms with E-state index in [4.69, 9.17) is 17.0 Å². The third kappa shape index (κ3) is 4.78. The van der Waals surface area contributed by atoms with Crippen molar-refractivity contribution in [2.24, 2.45) is 0 Å². The molecule has 2 saturated heterocycles. The predicted molar refractivity (Wildman–Crippen MR) is 101 cm³/mol. The normalized spacial score (nSPS) is 20.1. The monoisotopic (exact) mass is 417 g/mol. The smallest absolute Gasteiger partial charge is 0.447 e. The Kier molecular flexibility index (Phi) is 5.60. The van der Waals surface area contributed by atoms with Gasteiger partial charge in [0.1, 0.15) is 12.4 Å². The summed E-state index contributed by atoms with van der Waals surface area (Å²) >= 11 is 5.42. The van der Waals surface area contributed by atoms with Crippen LogP contribution in [-0.4, -0.2) is 58.6 Å². The highest BCUT2D eigenvalue weighted by Crippen LogP contribution is 2.31. The maximum absolute atomic E-state index is 12.2. The third-order valence-corrected chi connectivity index (χ3v) is 5.21. The molecule has 0 bridgehead atoms. The van der Waals surface area contributed by atoms with Crippen molar-refractivity contribution in [2.45, 2.75) is 44.6 Å². The Morgan fingerprint density at radius 1 is 1.25 bits per heavy atom. The van der Waals surface area contributed by atoms with Gasteiger partial charge in [0.05, 0.1) is 5.54 Å². The van der Waals surface area contributed by atoms with Crippen LogP contribution in [0.25, 0.3) is 0 Å². The minimum Gasteiger partial charge on any atom is -0.447 e. The van der Waals surface area contributed by atoms with Gasteiger partial charge in [-0.3, -0.25) is 4.90 Å². The van der Waals surface area contributed by atoms with Gasteiger partial charge in [-0.15, -0.1) is 13.2 Å². The van der Waals surface area contributed by atoms with Gasteiger partial charge in [-0.25, -0.2) is 4.79 Å². The molecule has 2 heterocycles. The molecule has 0 saturated carbocycles. The summed E-state index contributed by atoms with van der Waals surface area (Å²) in [5.74, 6) is -0.287. The molecule has 1 aromatic carbocycles. The summed E-state index contributed by atoms with van der Waals surface area (Å²) in [7, 11) is 0. The number of halogens is 3. The maximum Gasteiger partial charge on any atom is 0.573 e. The van der Waals surface area contributed by atoms with Crippen LogP contribution < -0.4 is 10.1 Å². The summed E-state index contributed by atoms with van der Waals surface area (Å²) in [6.07, 6.45) is -3.46. The number of likely N-dealkylation sites (tertiary alicyclic amines) is 1. The van der Waals surface area contributed by atoms with E-state index in [0.717, 1.165) is 12.8 Å². The van der Waals surface area contributed by atoms with Crippen LogP contribution in [0.2, 0.25) is 0 Å². The minimum absolute atomic E-state index is 0.0999. The second-order valence-corrected chi connectivity index (χ2v) is 7.84. The van der Waals surface area contributed by atoms with Crippen molar-refractivity contribution in [1.82, 2.24) is 9.80 Å². The first-order valence-electron chi connectivity index (χ1n) is 8.93. The number of amides is 1. The largest absolute Gasteiger partial charge is 0.573 e. The molecule has 0 unspecified atom stereocenters. The van der Waals surface area contributed by atoms with E-state index in [2.05, 4.69) is 10.1 Å². The van der Waals surface area contributed by atoms with E-state index in [1.54, 1.807) is 0 Å². The third-order valence-electron chi connectivity index (χ3n) is 4.85. The average molecular weight is 417 g/mol. The SMILES string of the molecule is CC1(C)COC(=O)N1C1CCN(C(=S)Nc2ccc(OC(F)(F)F)cc2)CC1. The molecule has 3 rings (SSSR count). The van der Waals surface area contributed by atoms with Gasteiger partial charge in [-0.1, -0.05) is 0 Å². The Balaban J connectivity index is 1.52.